The van der Waals surface area contributed by atoms with E-state index in [0.29, 0.717) is 0 Å². The number of hydrogen-bond acceptors (Lipinski definition) is 5. The molecule has 0 aliphatic heterocycles. The van der Waals surface area contributed by atoms with Crippen molar-refractivity contribution in [1.82, 2.24) is 14.9 Å². The number of hydrogen-bond donors (Lipinski definition) is 3. The highest BCUT2D eigenvalue weighted by molar-refractivity contribution is 7.89. The van der Waals surface area contributed by atoms with Crippen LogP contribution in [0.15, 0.2) is 17.0 Å². The number of H-pyrrole nitrogens is 1. The average molecular weight is 329 g/mol. The van der Waals surface area contributed by atoms with E-state index in [1.54, 1.807) is 0 Å². The predicted octanol–water partition coefficient (Wildman–Crippen LogP) is 1.52. The van der Waals surface area contributed by atoms with E-state index in [-0.39, 0.29) is 17.1 Å². The van der Waals surface area contributed by atoms with Crippen LogP contribution in [0.5, 0.6) is 0 Å². The first kappa shape index (κ1) is 15.7. The largest absolute Gasteiger partial charge is 0.476 e. The fraction of sp³-hybridized carbons (Fsp3) is 0.333. The number of aromatic nitrogens is 2. The van der Waals surface area contributed by atoms with Gasteiger partial charge in [-0.3, -0.25) is 5.10 Å². The molecule has 0 saturated heterocycles. The van der Waals surface area contributed by atoms with Crippen LogP contribution in [0.3, 0.4) is 0 Å². The van der Waals surface area contributed by atoms with E-state index < -0.39 is 21.7 Å². The van der Waals surface area contributed by atoms with Crippen LogP contribution < -0.4 is 4.72 Å². The molecule has 0 fully saturated rings. The molecule has 2 aromatic rings. The number of carboxylic acids is 1. The Hall–Kier alpha value is -1.71. The Bertz CT molecular complexity index is 761. The van der Waals surface area contributed by atoms with Gasteiger partial charge in [0, 0.05) is 16.3 Å². The first-order valence-corrected chi connectivity index (χ1v) is 8.50. The fourth-order valence-corrected chi connectivity index (χ4v) is 4.15. The zero-order chi connectivity index (χ0) is 15.6. The lowest BCUT2D eigenvalue weighted by Gasteiger charge is -2.05. The second-order valence-electron chi connectivity index (χ2n) is 4.38. The second-order valence-corrected chi connectivity index (χ2v) is 7.33. The van der Waals surface area contributed by atoms with Crippen molar-refractivity contribution in [2.45, 2.75) is 31.7 Å². The van der Waals surface area contributed by atoms with Gasteiger partial charge in [0.05, 0.1) is 5.69 Å². The Morgan fingerprint density at radius 1 is 1.43 bits per heavy atom. The molecule has 9 heteroatoms. The van der Waals surface area contributed by atoms with Crippen LogP contribution in [0, 0.1) is 6.92 Å². The third-order valence-corrected chi connectivity index (χ3v) is 5.66. The van der Waals surface area contributed by atoms with Crippen molar-refractivity contribution in [3.8, 4) is 0 Å². The number of aromatic amines is 1. The number of sulfonamides is 1. The van der Waals surface area contributed by atoms with Crippen molar-refractivity contribution in [1.29, 1.82) is 0 Å². The quantitative estimate of drug-likeness (QED) is 0.744. The number of carboxylic acid groups (broad SMARTS) is 1. The molecule has 0 bridgehead atoms. The second kappa shape index (κ2) is 5.96. The lowest BCUT2D eigenvalue weighted by atomic mass is 10.4. The van der Waals surface area contributed by atoms with Crippen LogP contribution in [0.4, 0.5) is 0 Å². The summed E-state index contributed by atoms with van der Waals surface area (Å²) >= 11 is 1.52. The van der Waals surface area contributed by atoms with Crippen molar-refractivity contribution in [2.75, 3.05) is 0 Å². The number of nitrogens with one attached hydrogen (secondary N) is 2. The van der Waals surface area contributed by atoms with Crippen LogP contribution in [-0.4, -0.2) is 29.7 Å². The minimum Gasteiger partial charge on any atom is -0.476 e. The third kappa shape index (κ3) is 3.31. The van der Waals surface area contributed by atoms with E-state index in [0.717, 1.165) is 16.2 Å². The normalized spacial score (nSPS) is 11.7. The minimum atomic E-state index is -3.94. The molecule has 0 radical (unpaired) electrons. The van der Waals surface area contributed by atoms with Gasteiger partial charge in [-0.25, -0.2) is 17.9 Å². The van der Waals surface area contributed by atoms with Crippen molar-refractivity contribution >= 4 is 27.3 Å². The Labute approximate surface area is 126 Å². The summed E-state index contributed by atoms with van der Waals surface area (Å²) in [4.78, 5) is 12.7. The molecule has 114 valence electrons. The maximum Gasteiger partial charge on any atom is 0.357 e. The SMILES string of the molecule is CCc1ccc(CNS(=O)(=O)c2c(C(=O)O)n[nH]c2C)s1. The highest BCUT2D eigenvalue weighted by Crippen LogP contribution is 2.20. The third-order valence-electron chi connectivity index (χ3n) is 2.86. The number of nitrogens with zero attached hydrogens (tertiary/aromatic N) is 1. The molecule has 2 heterocycles. The van der Waals surface area contributed by atoms with Crippen LogP contribution in [0.2, 0.25) is 0 Å². The summed E-state index contributed by atoms with van der Waals surface area (Å²) in [7, 11) is -3.94. The molecule has 7 nitrogen and oxygen atoms in total. The van der Waals surface area contributed by atoms with Gasteiger partial charge < -0.3 is 5.11 Å². The standard InChI is InChI=1S/C12H15N3O4S2/c1-3-8-4-5-9(20-8)6-13-21(18,19)11-7(2)14-15-10(11)12(16)17/h4-5,13H,3,6H2,1-2H3,(H,14,15)(H,16,17). The van der Waals surface area contributed by atoms with Crippen LogP contribution in [0.1, 0.15) is 32.9 Å². The molecular weight excluding hydrogens is 314 g/mol. The van der Waals surface area contributed by atoms with Crippen LogP contribution in [-0.2, 0) is 23.0 Å². The molecule has 0 aliphatic rings. The highest BCUT2D eigenvalue weighted by Gasteiger charge is 2.28. The summed E-state index contributed by atoms with van der Waals surface area (Å²) in [5.41, 5.74) is -0.305. The monoisotopic (exact) mass is 329 g/mol. The first-order valence-electron chi connectivity index (χ1n) is 6.20. The van der Waals surface area contributed by atoms with Gasteiger partial charge in [-0.2, -0.15) is 5.10 Å². The molecule has 0 spiro atoms. The van der Waals surface area contributed by atoms with Crippen LogP contribution >= 0.6 is 11.3 Å². The molecule has 0 saturated carbocycles. The zero-order valence-electron chi connectivity index (χ0n) is 11.5. The number of rotatable bonds is 6. The number of carbonyl (C=O) groups is 1. The Morgan fingerprint density at radius 3 is 2.67 bits per heavy atom. The Morgan fingerprint density at radius 2 is 2.10 bits per heavy atom. The van der Waals surface area contributed by atoms with E-state index in [1.807, 2.05) is 19.1 Å². The Balaban J connectivity index is 2.22. The van der Waals surface area contributed by atoms with Gasteiger partial charge in [0.25, 0.3) is 0 Å². The molecule has 0 aromatic carbocycles. The van der Waals surface area contributed by atoms with Gasteiger partial charge in [-0.15, -0.1) is 11.3 Å². The van der Waals surface area contributed by atoms with E-state index in [9.17, 15) is 13.2 Å². The Kier molecular flexibility index (Phi) is 4.45. The summed E-state index contributed by atoms with van der Waals surface area (Å²) in [5.74, 6) is -1.39. The van der Waals surface area contributed by atoms with Crippen molar-refractivity contribution < 1.29 is 18.3 Å². The number of aromatic carboxylic acids is 1. The zero-order valence-corrected chi connectivity index (χ0v) is 13.1. The van der Waals surface area contributed by atoms with Crippen molar-refractivity contribution in [3.05, 3.63) is 33.3 Å². The van der Waals surface area contributed by atoms with Crippen molar-refractivity contribution in [3.63, 3.8) is 0 Å². The van der Waals surface area contributed by atoms with Gasteiger partial charge in [-0.05, 0) is 25.5 Å². The van der Waals surface area contributed by atoms with E-state index in [2.05, 4.69) is 14.9 Å². The summed E-state index contributed by atoms with van der Waals surface area (Å²) in [6.45, 7) is 3.61. The number of thiophene rings is 1. The summed E-state index contributed by atoms with van der Waals surface area (Å²) in [5, 5.41) is 14.9. The molecule has 0 atom stereocenters. The predicted molar refractivity (Wildman–Crippen MR) is 78.0 cm³/mol. The highest BCUT2D eigenvalue weighted by atomic mass is 32.2. The maximum atomic E-state index is 12.3. The maximum absolute atomic E-state index is 12.3. The van der Waals surface area contributed by atoms with E-state index in [1.165, 1.54) is 18.3 Å². The summed E-state index contributed by atoms with van der Waals surface area (Å²) in [6.07, 6.45) is 0.890. The molecule has 0 amide bonds. The van der Waals surface area contributed by atoms with Crippen molar-refractivity contribution in [2.24, 2.45) is 0 Å². The summed E-state index contributed by atoms with van der Waals surface area (Å²) < 4.78 is 26.9. The van der Waals surface area contributed by atoms with E-state index >= 15 is 0 Å². The van der Waals surface area contributed by atoms with Gasteiger partial charge >= 0.3 is 5.97 Å². The topological polar surface area (TPSA) is 112 Å². The van der Waals surface area contributed by atoms with Crippen LogP contribution in [0.25, 0.3) is 0 Å². The molecule has 21 heavy (non-hydrogen) atoms. The molecule has 3 N–H and O–H groups in total. The summed E-state index contributed by atoms with van der Waals surface area (Å²) in [6, 6.07) is 3.80. The first-order chi connectivity index (χ1) is 9.85. The fourth-order valence-electron chi connectivity index (χ4n) is 1.84. The lowest BCUT2D eigenvalue weighted by Crippen LogP contribution is -2.25. The van der Waals surface area contributed by atoms with E-state index in [4.69, 9.17) is 5.11 Å². The molecule has 2 aromatic heterocycles. The van der Waals surface area contributed by atoms with Gasteiger partial charge in [0.2, 0.25) is 10.0 Å². The molecular formula is C12H15N3O4S2. The smallest absolute Gasteiger partial charge is 0.357 e. The molecule has 0 aliphatic carbocycles. The number of aryl methyl sites for hydroxylation is 2. The van der Waals surface area contributed by atoms with Gasteiger partial charge in [-0.1, -0.05) is 6.92 Å². The average Bonchev–Trinajstić information content (AvgIpc) is 3.02. The molecule has 0 unspecified atom stereocenters. The van der Waals surface area contributed by atoms with Gasteiger partial charge in [0.15, 0.2) is 5.69 Å². The minimum absolute atomic E-state index is 0.122. The van der Waals surface area contributed by atoms with Gasteiger partial charge in [0.1, 0.15) is 4.90 Å². The lowest BCUT2D eigenvalue weighted by molar-refractivity contribution is 0.0686. The molecule has 2 rings (SSSR count).